The predicted molar refractivity (Wildman–Crippen MR) is 81.7 cm³/mol. The molecule has 5 nitrogen and oxygen atoms in total. The van der Waals surface area contributed by atoms with E-state index in [9.17, 15) is 4.79 Å². The van der Waals surface area contributed by atoms with Crippen LogP contribution in [0.1, 0.15) is 18.9 Å². The van der Waals surface area contributed by atoms with Crippen LogP contribution in [0.4, 0.5) is 5.69 Å². The number of nitrogens with zero attached hydrogens (tertiary/aromatic N) is 2. The molecule has 0 bridgehead atoms. The number of nitrogen functional groups attached to an aromatic ring is 1. The molecule has 1 aromatic carbocycles. The smallest absolute Gasteiger partial charge is 0.236 e. The number of nitrogens with two attached hydrogens (primary N) is 1. The van der Waals surface area contributed by atoms with Gasteiger partial charge in [-0.25, -0.2) is 0 Å². The maximum atomic E-state index is 11.9. The van der Waals surface area contributed by atoms with Gasteiger partial charge >= 0.3 is 0 Å². The van der Waals surface area contributed by atoms with Crippen molar-refractivity contribution in [1.29, 1.82) is 0 Å². The number of hydrogen-bond donors (Lipinski definition) is 1. The molecule has 0 atom stereocenters. The Kier molecular flexibility index (Phi) is 6.31. The zero-order valence-electron chi connectivity index (χ0n) is 12.8. The van der Waals surface area contributed by atoms with Gasteiger partial charge in [-0.15, -0.1) is 0 Å². The minimum atomic E-state index is 0.105. The van der Waals surface area contributed by atoms with Gasteiger partial charge in [0.15, 0.2) is 0 Å². The maximum Gasteiger partial charge on any atom is 0.236 e. The van der Waals surface area contributed by atoms with E-state index in [0.29, 0.717) is 18.8 Å². The Hall–Kier alpha value is -1.75. The van der Waals surface area contributed by atoms with Crippen LogP contribution in [0.15, 0.2) is 18.2 Å². The Bertz CT molecular complexity index is 447. The van der Waals surface area contributed by atoms with Crippen molar-refractivity contribution in [2.75, 3.05) is 40.0 Å². The second kappa shape index (κ2) is 7.75. The van der Waals surface area contributed by atoms with E-state index in [2.05, 4.69) is 11.8 Å². The van der Waals surface area contributed by atoms with Gasteiger partial charge in [0, 0.05) is 38.0 Å². The first kappa shape index (κ1) is 16.3. The standard InChI is InChI=1S/C15H25N3O2/c1-5-8-18(11-15(19)17(2)3)10-12-6-7-13(16)9-14(12)20-4/h6-7,9H,5,8,10-11,16H2,1-4H3. The van der Waals surface area contributed by atoms with Crippen molar-refractivity contribution in [3.05, 3.63) is 23.8 Å². The molecule has 0 aliphatic carbocycles. The number of carbonyl (C=O) groups excluding carboxylic acids is 1. The van der Waals surface area contributed by atoms with E-state index < -0.39 is 0 Å². The Morgan fingerprint density at radius 1 is 1.35 bits per heavy atom. The molecule has 0 radical (unpaired) electrons. The molecular formula is C15H25N3O2. The van der Waals surface area contributed by atoms with Crippen LogP contribution in [-0.4, -0.2) is 50.0 Å². The number of rotatable bonds is 7. The summed E-state index contributed by atoms with van der Waals surface area (Å²) in [6.45, 7) is 4.06. The third kappa shape index (κ3) is 4.74. The molecule has 0 saturated heterocycles. The van der Waals surface area contributed by atoms with Gasteiger partial charge < -0.3 is 15.4 Å². The lowest BCUT2D eigenvalue weighted by Gasteiger charge is -2.24. The van der Waals surface area contributed by atoms with Gasteiger partial charge in [0.25, 0.3) is 0 Å². The second-order valence-electron chi connectivity index (χ2n) is 5.07. The van der Waals surface area contributed by atoms with E-state index in [1.165, 1.54) is 0 Å². The largest absolute Gasteiger partial charge is 0.496 e. The van der Waals surface area contributed by atoms with E-state index in [-0.39, 0.29) is 5.91 Å². The van der Waals surface area contributed by atoms with Crippen LogP contribution in [0.25, 0.3) is 0 Å². The molecule has 0 unspecified atom stereocenters. The van der Waals surface area contributed by atoms with Gasteiger partial charge in [-0.05, 0) is 19.0 Å². The normalized spacial score (nSPS) is 10.7. The highest BCUT2D eigenvalue weighted by Crippen LogP contribution is 2.23. The van der Waals surface area contributed by atoms with Crippen LogP contribution in [-0.2, 0) is 11.3 Å². The first-order chi connectivity index (χ1) is 9.47. The number of anilines is 1. The van der Waals surface area contributed by atoms with Crippen LogP contribution in [0.5, 0.6) is 5.75 Å². The summed E-state index contributed by atoms with van der Waals surface area (Å²) < 4.78 is 5.36. The highest BCUT2D eigenvalue weighted by molar-refractivity contribution is 5.77. The van der Waals surface area contributed by atoms with Crippen molar-refractivity contribution >= 4 is 11.6 Å². The summed E-state index contributed by atoms with van der Waals surface area (Å²) in [6, 6.07) is 5.62. The van der Waals surface area contributed by atoms with Crippen molar-refractivity contribution in [3.63, 3.8) is 0 Å². The van der Waals surface area contributed by atoms with Crippen molar-refractivity contribution in [3.8, 4) is 5.75 Å². The van der Waals surface area contributed by atoms with E-state index >= 15 is 0 Å². The third-order valence-electron chi connectivity index (χ3n) is 3.10. The molecule has 1 amide bonds. The molecule has 2 N–H and O–H groups in total. The zero-order valence-corrected chi connectivity index (χ0v) is 12.8. The van der Waals surface area contributed by atoms with Gasteiger partial charge in [-0.3, -0.25) is 9.69 Å². The van der Waals surface area contributed by atoms with Crippen molar-refractivity contribution in [2.45, 2.75) is 19.9 Å². The van der Waals surface area contributed by atoms with Gasteiger partial charge in [0.2, 0.25) is 5.91 Å². The average Bonchev–Trinajstić information content (AvgIpc) is 2.40. The van der Waals surface area contributed by atoms with Crippen molar-refractivity contribution in [2.24, 2.45) is 0 Å². The Balaban J connectivity index is 2.82. The summed E-state index contributed by atoms with van der Waals surface area (Å²) in [6.07, 6.45) is 0.998. The zero-order chi connectivity index (χ0) is 15.1. The molecule has 0 aliphatic heterocycles. The van der Waals surface area contributed by atoms with Gasteiger partial charge in [0.05, 0.1) is 13.7 Å². The van der Waals surface area contributed by atoms with E-state index in [1.54, 1.807) is 26.1 Å². The van der Waals surface area contributed by atoms with E-state index in [0.717, 1.165) is 24.3 Å². The fourth-order valence-electron chi connectivity index (χ4n) is 2.00. The minimum Gasteiger partial charge on any atom is -0.496 e. The van der Waals surface area contributed by atoms with Crippen LogP contribution in [0, 0.1) is 0 Å². The van der Waals surface area contributed by atoms with Crippen LogP contribution < -0.4 is 10.5 Å². The molecule has 1 rings (SSSR count). The first-order valence-corrected chi connectivity index (χ1v) is 6.82. The molecule has 112 valence electrons. The molecule has 0 fully saturated rings. The number of carbonyl (C=O) groups is 1. The Labute approximate surface area is 121 Å². The minimum absolute atomic E-state index is 0.105. The molecule has 0 saturated carbocycles. The van der Waals surface area contributed by atoms with E-state index in [4.69, 9.17) is 10.5 Å². The summed E-state index contributed by atoms with van der Waals surface area (Å²) >= 11 is 0. The lowest BCUT2D eigenvalue weighted by Crippen LogP contribution is -2.36. The second-order valence-corrected chi connectivity index (χ2v) is 5.07. The molecule has 0 aromatic heterocycles. The van der Waals surface area contributed by atoms with Gasteiger partial charge in [0.1, 0.15) is 5.75 Å². The monoisotopic (exact) mass is 279 g/mol. The highest BCUT2D eigenvalue weighted by atomic mass is 16.5. The maximum absolute atomic E-state index is 11.9. The number of hydrogen-bond acceptors (Lipinski definition) is 4. The topological polar surface area (TPSA) is 58.8 Å². The molecule has 1 aromatic rings. The highest BCUT2D eigenvalue weighted by Gasteiger charge is 2.14. The number of amides is 1. The Morgan fingerprint density at radius 3 is 2.60 bits per heavy atom. The van der Waals surface area contributed by atoms with Crippen molar-refractivity contribution < 1.29 is 9.53 Å². The lowest BCUT2D eigenvalue weighted by atomic mass is 10.1. The number of ether oxygens (including phenoxy) is 1. The van der Waals surface area contributed by atoms with Gasteiger partial charge in [-0.1, -0.05) is 13.0 Å². The number of benzene rings is 1. The summed E-state index contributed by atoms with van der Waals surface area (Å²) in [5.74, 6) is 0.872. The van der Waals surface area contributed by atoms with Crippen LogP contribution >= 0.6 is 0 Å². The average molecular weight is 279 g/mol. The number of methoxy groups -OCH3 is 1. The molecule has 0 aliphatic rings. The fourth-order valence-corrected chi connectivity index (χ4v) is 2.00. The van der Waals surface area contributed by atoms with E-state index in [1.807, 2.05) is 18.2 Å². The molecular weight excluding hydrogens is 254 g/mol. The quantitative estimate of drug-likeness (QED) is 0.770. The Morgan fingerprint density at radius 2 is 2.05 bits per heavy atom. The summed E-state index contributed by atoms with van der Waals surface area (Å²) in [5, 5.41) is 0. The summed E-state index contributed by atoms with van der Waals surface area (Å²) in [5.41, 5.74) is 7.48. The lowest BCUT2D eigenvalue weighted by molar-refractivity contribution is -0.130. The third-order valence-corrected chi connectivity index (χ3v) is 3.10. The summed E-state index contributed by atoms with van der Waals surface area (Å²) in [7, 11) is 5.18. The fraction of sp³-hybridized carbons (Fsp3) is 0.533. The predicted octanol–water partition coefficient (Wildman–Crippen LogP) is 1.58. The molecule has 5 heteroatoms. The number of likely N-dealkylation sites (N-methyl/N-ethyl adjacent to an activating group) is 1. The van der Waals surface area contributed by atoms with Crippen LogP contribution in [0.2, 0.25) is 0 Å². The molecule has 0 spiro atoms. The van der Waals surface area contributed by atoms with Crippen LogP contribution in [0.3, 0.4) is 0 Å². The molecule has 20 heavy (non-hydrogen) atoms. The molecule has 0 heterocycles. The van der Waals surface area contributed by atoms with Gasteiger partial charge in [-0.2, -0.15) is 0 Å². The SMILES string of the molecule is CCCN(CC(=O)N(C)C)Cc1ccc(N)cc1OC. The first-order valence-electron chi connectivity index (χ1n) is 6.82. The van der Waals surface area contributed by atoms with Crippen molar-refractivity contribution in [1.82, 2.24) is 9.80 Å². The summed E-state index contributed by atoms with van der Waals surface area (Å²) in [4.78, 5) is 15.6.